The van der Waals surface area contributed by atoms with Gasteiger partial charge in [-0.2, -0.15) is 0 Å². The lowest BCUT2D eigenvalue weighted by Gasteiger charge is -2.41. The Bertz CT molecular complexity index is 1180. The zero-order chi connectivity index (χ0) is 45.7. The van der Waals surface area contributed by atoms with Crippen LogP contribution in [0.2, 0.25) is 0 Å². The SMILES string of the molecule is CCCCCCCCCCC/C=C/C/C=C/CCCC(=O)O[C@@H](COC(=O)CCCCCCCCCCCCCCCCCC)COP(=O)(O)OC1C(O)C(O)C(O)[C@H](O)C1O. The highest BCUT2D eigenvalue weighted by Gasteiger charge is 2.51. The van der Waals surface area contributed by atoms with E-state index in [4.69, 9.17) is 18.5 Å². The van der Waals surface area contributed by atoms with Crippen LogP contribution in [0.25, 0.3) is 0 Å². The van der Waals surface area contributed by atoms with Crippen LogP contribution < -0.4 is 0 Å². The third-order valence-electron chi connectivity index (χ3n) is 11.5. The Kier molecular flexibility index (Phi) is 36.3. The first-order valence-electron chi connectivity index (χ1n) is 24.6. The van der Waals surface area contributed by atoms with Crippen LogP contribution in [0.4, 0.5) is 0 Å². The van der Waals surface area contributed by atoms with Crippen LogP contribution in [-0.2, 0) is 32.7 Å². The second-order valence-corrected chi connectivity index (χ2v) is 18.7. The van der Waals surface area contributed by atoms with Crippen molar-refractivity contribution in [3.05, 3.63) is 24.3 Å². The molecule has 364 valence electrons. The van der Waals surface area contributed by atoms with E-state index in [0.717, 1.165) is 32.1 Å². The summed E-state index contributed by atoms with van der Waals surface area (Å²) in [6.45, 7) is 3.29. The second kappa shape index (κ2) is 38.6. The number of carbonyl (C=O) groups excluding carboxylic acids is 2. The average molecular weight is 905 g/mol. The zero-order valence-electron chi connectivity index (χ0n) is 38.7. The van der Waals surface area contributed by atoms with Gasteiger partial charge in [-0.1, -0.05) is 186 Å². The van der Waals surface area contributed by atoms with E-state index in [0.29, 0.717) is 19.3 Å². The van der Waals surface area contributed by atoms with E-state index in [1.807, 2.05) is 12.2 Å². The lowest BCUT2D eigenvalue weighted by Crippen LogP contribution is -2.64. The number of phosphoric acid groups is 1. The summed E-state index contributed by atoms with van der Waals surface area (Å²) in [6, 6.07) is 0. The molecule has 1 rings (SSSR count). The third-order valence-corrected chi connectivity index (χ3v) is 12.5. The van der Waals surface area contributed by atoms with Crippen LogP contribution in [0, 0.1) is 0 Å². The van der Waals surface area contributed by atoms with Crippen LogP contribution >= 0.6 is 7.82 Å². The van der Waals surface area contributed by atoms with Gasteiger partial charge >= 0.3 is 19.8 Å². The maximum absolute atomic E-state index is 12.8. The Balaban J connectivity index is 2.45. The molecular weight excluding hydrogens is 815 g/mol. The number of ether oxygens (including phenoxy) is 2. The molecule has 0 aromatic carbocycles. The standard InChI is InChI=1S/C48H89O13P/c1-3-5-7-9-11-13-15-17-19-21-23-25-27-29-31-33-35-37-42(50)60-40(39-59-62(56,57)61-48-46(54)44(52)43(51)45(53)47(48)55)38-58-41(49)36-34-32-30-28-26-24-22-20-18-16-14-12-10-8-6-4-2/h23,25,29,31,40,43-48,51-55H,3-22,24,26-28,30,32-39H2,1-2H3,(H,56,57)/b25-23+,31-29+/t40-,43?,44-,45?,46?,47?,48?/m0/s1. The molecule has 1 aliphatic carbocycles. The van der Waals surface area contributed by atoms with E-state index >= 15 is 0 Å². The van der Waals surface area contributed by atoms with Gasteiger partial charge in [-0.3, -0.25) is 18.6 Å². The summed E-state index contributed by atoms with van der Waals surface area (Å²) in [5.41, 5.74) is 0. The molecule has 0 saturated heterocycles. The molecule has 1 fully saturated rings. The minimum atomic E-state index is -5.13. The van der Waals surface area contributed by atoms with Gasteiger partial charge < -0.3 is 39.9 Å². The van der Waals surface area contributed by atoms with Gasteiger partial charge in [0.15, 0.2) is 6.10 Å². The molecule has 0 aliphatic heterocycles. The molecule has 0 heterocycles. The number of unbranched alkanes of at least 4 members (excludes halogenated alkanes) is 25. The van der Waals surface area contributed by atoms with Crippen molar-refractivity contribution in [2.45, 2.75) is 256 Å². The number of esters is 2. The molecular formula is C48H89O13P. The molecule has 13 nitrogen and oxygen atoms in total. The summed E-state index contributed by atoms with van der Waals surface area (Å²) >= 11 is 0. The van der Waals surface area contributed by atoms with E-state index < -0.39 is 75.7 Å². The molecule has 0 bridgehead atoms. The maximum Gasteiger partial charge on any atom is 0.472 e. The molecule has 0 spiro atoms. The van der Waals surface area contributed by atoms with Gasteiger partial charge in [0.1, 0.15) is 43.2 Å². The third kappa shape index (κ3) is 30.5. The molecule has 62 heavy (non-hydrogen) atoms. The molecule has 14 heteroatoms. The highest BCUT2D eigenvalue weighted by Crippen LogP contribution is 2.47. The number of allylic oxidation sites excluding steroid dienone is 4. The van der Waals surface area contributed by atoms with E-state index in [2.05, 4.69) is 26.0 Å². The fraction of sp³-hybridized carbons (Fsp3) is 0.875. The zero-order valence-corrected chi connectivity index (χ0v) is 39.6. The van der Waals surface area contributed by atoms with Gasteiger partial charge in [0.25, 0.3) is 0 Å². The molecule has 8 atom stereocenters. The Morgan fingerprint density at radius 1 is 0.500 bits per heavy atom. The van der Waals surface area contributed by atoms with Gasteiger partial charge in [-0.15, -0.1) is 0 Å². The van der Waals surface area contributed by atoms with Crippen LogP contribution in [0.5, 0.6) is 0 Å². The topological polar surface area (TPSA) is 210 Å². The highest BCUT2D eigenvalue weighted by molar-refractivity contribution is 7.47. The fourth-order valence-electron chi connectivity index (χ4n) is 7.56. The quantitative estimate of drug-likeness (QED) is 0.0146. The molecule has 6 unspecified atom stereocenters. The van der Waals surface area contributed by atoms with Crippen molar-refractivity contribution in [1.29, 1.82) is 0 Å². The van der Waals surface area contributed by atoms with Gasteiger partial charge in [-0.05, 0) is 38.5 Å². The van der Waals surface area contributed by atoms with Gasteiger partial charge in [-0.25, -0.2) is 4.57 Å². The monoisotopic (exact) mass is 905 g/mol. The van der Waals surface area contributed by atoms with Crippen molar-refractivity contribution < 1.29 is 63.1 Å². The van der Waals surface area contributed by atoms with E-state index in [9.17, 15) is 44.6 Å². The van der Waals surface area contributed by atoms with E-state index in [-0.39, 0.29) is 12.8 Å². The minimum Gasteiger partial charge on any atom is -0.462 e. The summed E-state index contributed by atoms with van der Waals surface area (Å²) in [6.07, 6.45) is 29.5. The first-order chi connectivity index (χ1) is 29.9. The lowest BCUT2D eigenvalue weighted by molar-refractivity contribution is -0.220. The van der Waals surface area contributed by atoms with Crippen molar-refractivity contribution in [3.8, 4) is 0 Å². The lowest BCUT2D eigenvalue weighted by atomic mass is 9.85. The first-order valence-corrected chi connectivity index (χ1v) is 26.1. The predicted octanol–water partition coefficient (Wildman–Crippen LogP) is 10.0. The molecule has 1 saturated carbocycles. The predicted molar refractivity (Wildman–Crippen MR) is 244 cm³/mol. The first kappa shape index (κ1) is 58.3. The molecule has 0 amide bonds. The minimum absolute atomic E-state index is 0.0360. The van der Waals surface area contributed by atoms with Crippen molar-refractivity contribution >= 4 is 19.8 Å². The van der Waals surface area contributed by atoms with Crippen LogP contribution in [0.15, 0.2) is 24.3 Å². The molecule has 0 radical (unpaired) electrons. The number of rotatable bonds is 41. The molecule has 0 aromatic rings. The van der Waals surface area contributed by atoms with Crippen molar-refractivity contribution in [3.63, 3.8) is 0 Å². The van der Waals surface area contributed by atoms with Crippen molar-refractivity contribution in [2.75, 3.05) is 13.2 Å². The Hall–Kier alpha value is -1.67. The summed E-state index contributed by atoms with van der Waals surface area (Å²) in [7, 11) is -5.13. The van der Waals surface area contributed by atoms with Crippen LogP contribution in [0.3, 0.4) is 0 Å². The van der Waals surface area contributed by atoms with Gasteiger partial charge in [0.05, 0.1) is 6.61 Å². The van der Waals surface area contributed by atoms with Gasteiger partial charge in [0.2, 0.25) is 0 Å². The Morgan fingerprint density at radius 2 is 0.887 bits per heavy atom. The average Bonchev–Trinajstić information content (AvgIpc) is 3.25. The van der Waals surface area contributed by atoms with Crippen molar-refractivity contribution in [1.82, 2.24) is 0 Å². The number of phosphoric ester groups is 1. The highest BCUT2D eigenvalue weighted by atomic mass is 31.2. The molecule has 0 aromatic heterocycles. The Labute approximate surface area is 375 Å². The van der Waals surface area contributed by atoms with Crippen LogP contribution in [0.1, 0.15) is 213 Å². The number of aliphatic hydroxyl groups is 5. The summed E-state index contributed by atoms with van der Waals surface area (Å²) in [4.78, 5) is 35.7. The number of hydrogen-bond acceptors (Lipinski definition) is 12. The normalized spacial score (nSPS) is 22.0. The second-order valence-electron chi connectivity index (χ2n) is 17.3. The van der Waals surface area contributed by atoms with E-state index in [1.165, 1.54) is 135 Å². The van der Waals surface area contributed by atoms with Gasteiger partial charge in [0, 0.05) is 12.8 Å². The smallest absolute Gasteiger partial charge is 0.462 e. The summed E-state index contributed by atoms with van der Waals surface area (Å²) in [5, 5.41) is 50.2. The summed E-state index contributed by atoms with van der Waals surface area (Å²) in [5.74, 6) is -1.14. The molecule has 6 N–H and O–H groups in total. The van der Waals surface area contributed by atoms with Crippen LogP contribution in [-0.4, -0.2) is 98.3 Å². The van der Waals surface area contributed by atoms with Crippen molar-refractivity contribution in [2.24, 2.45) is 0 Å². The maximum atomic E-state index is 12.8. The van der Waals surface area contributed by atoms with E-state index in [1.54, 1.807) is 0 Å². The number of hydrogen-bond donors (Lipinski definition) is 6. The summed E-state index contributed by atoms with van der Waals surface area (Å²) < 4.78 is 33.5. The Morgan fingerprint density at radius 3 is 1.35 bits per heavy atom. The number of carbonyl (C=O) groups is 2. The number of aliphatic hydroxyl groups excluding tert-OH is 5. The molecule has 1 aliphatic rings. The fourth-order valence-corrected chi connectivity index (χ4v) is 8.54. The largest absolute Gasteiger partial charge is 0.472 e.